The van der Waals surface area contributed by atoms with Crippen LogP contribution in [0.2, 0.25) is 5.02 Å². The summed E-state index contributed by atoms with van der Waals surface area (Å²) in [6.07, 6.45) is 1.11. The van der Waals surface area contributed by atoms with Gasteiger partial charge in [-0.25, -0.2) is 18.0 Å². The molecule has 8 heteroatoms. The van der Waals surface area contributed by atoms with Crippen molar-refractivity contribution in [2.75, 3.05) is 6.61 Å². The van der Waals surface area contributed by atoms with Crippen molar-refractivity contribution in [2.45, 2.75) is 6.92 Å². The Morgan fingerprint density at radius 3 is 2.46 bits per heavy atom. The largest absolute Gasteiger partial charge is 0.462 e. The highest BCUT2D eigenvalue weighted by molar-refractivity contribution is 6.35. The van der Waals surface area contributed by atoms with Crippen molar-refractivity contribution in [2.24, 2.45) is 0 Å². The second-order valence-electron chi connectivity index (χ2n) is 5.32. The summed E-state index contributed by atoms with van der Waals surface area (Å²) in [4.78, 5) is 24.7. The molecule has 0 saturated carbocycles. The summed E-state index contributed by atoms with van der Waals surface area (Å²) in [5.41, 5.74) is -1.09. The summed E-state index contributed by atoms with van der Waals surface area (Å²) in [6.45, 7) is 1.58. The average Bonchev–Trinajstić information content (AvgIpc) is 2.61. The van der Waals surface area contributed by atoms with Gasteiger partial charge in [0.1, 0.15) is 16.4 Å². The molecule has 0 radical (unpaired) electrons. The molecular weight excluding hydrogens is 371 g/mol. The van der Waals surface area contributed by atoms with Crippen LogP contribution in [-0.4, -0.2) is 17.1 Å². The van der Waals surface area contributed by atoms with Crippen molar-refractivity contribution in [3.63, 3.8) is 0 Å². The summed E-state index contributed by atoms with van der Waals surface area (Å²) in [7, 11) is 0. The van der Waals surface area contributed by atoms with Crippen molar-refractivity contribution in [1.82, 2.24) is 4.57 Å². The number of halogens is 4. The first-order valence-electron chi connectivity index (χ1n) is 7.51. The van der Waals surface area contributed by atoms with Gasteiger partial charge in [-0.05, 0) is 37.3 Å². The third kappa shape index (κ3) is 2.94. The van der Waals surface area contributed by atoms with Gasteiger partial charge in [0.2, 0.25) is 5.43 Å². The zero-order chi connectivity index (χ0) is 19.0. The SMILES string of the molecule is CCOC(=O)c1cn(-c2ccc(F)cc2)c2c(Cl)c(F)c(F)cc2c1=O. The molecule has 2 aromatic carbocycles. The van der Waals surface area contributed by atoms with Crippen molar-refractivity contribution in [1.29, 1.82) is 0 Å². The van der Waals surface area contributed by atoms with Crippen LogP contribution in [0.1, 0.15) is 17.3 Å². The van der Waals surface area contributed by atoms with Gasteiger partial charge in [0.25, 0.3) is 0 Å². The van der Waals surface area contributed by atoms with Crippen LogP contribution in [0.15, 0.2) is 41.3 Å². The van der Waals surface area contributed by atoms with E-state index in [9.17, 15) is 22.8 Å². The quantitative estimate of drug-likeness (QED) is 0.503. The van der Waals surface area contributed by atoms with Gasteiger partial charge < -0.3 is 9.30 Å². The topological polar surface area (TPSA) is 48.3 Å². The van der Waals surface area contributed by atoms with Crippen LogP contribution < -0.4 is 5.43 Å². The Labute approximate surface area is 150 Å². The molecule has 26 heavy (non-hydrogen) atoms. The molecular formula is C18H11ClF3NO3. The summed E-state index contributed by atoms with van der Waals surface area (Å²) in [5, 5.41) is -0.930. The number of carbonyl (C=O) groups is 1. The van der Waals surface area contributed by atoms with E-state index in [0.717, 1.165) is 18.3 Å². The molecule has 0 atom stereocenters. The van der Waals surface area contributed by atoms with E-state index in [-0.39, 0.29) is 28.8 Å². The first kappa shape index (κ1) is 18.0. The standard InChI is InChI=1S/C18H11ClF3NO3/c1-2-26-18(25)12-8-23(10-5-3-9(20)4-6-10)16-11(17(12)24)7-13(21)15(22)14(16)19/h3-8H,2H2,1H3. The predicted octanol–water partition coefficient (Wildman–Crippen LogP) is 4.24. The van der Waals surface area contributed by atoms with E-state index in [4.69, 9.17) is 16.3 Å². The number of hydrogen-bond donors (Lipinski definition) is 0. The number of benzene rings is 2. The molecule has 0 spiro atoms. The highest BCUT2D eigenvalue weighted by Gasteiger charge is 2.22. The van der Waals surface area contributed by atoms with Crippen LogP contribution in [0, 0.1) is 17.5 Å². The summed E-state index contributed by atoms with van der Waals surface area (Å²) >= 11 is 5.92. The first-order valence-corrected chi connectivity index (χ1v) is 7.88. The number of carbonyl (C=O) groups excluding carboxylic acids is 1. The number of esters is 1. The van der Waals surface area contributed by atoms with Gasteiger partial charge in [0, 0.05) is 11.9 Å². The summed E-state index contributed by atoms with van der Waals surface area (Å²) in [6, 6.07) is 5.62. The number of rotatable bonds is 3. The van der Waals surface area contributed by atoms with Gasteiger partial charge in [-0.15, -0.1) is 0 Å². The predicted molar refractivity (Wildman–Crippen MR) is 90.4 cm³/mol. The lowest BCUT2D eigenvalue weighted by molar-refractivity contribution is 0.0524. The number of hydrogen-bond acceptors (Lipinski definition) is 3. The smallest absolute Gasteiger partial charge is 0.343 e. The van der Waals surface area contributed by atoms with Crippen LogP contribution >= 0.6 is 11.6 Å². The van der Waals surface area contributed by atoms with E-state index in [1.54, 1.807) is 6.92 Å². The lowest BCUT2D eigenvalue weighted by Crippen LogP contribution is -2.21. The Balaban J connectivity index is 2.46. The Kier molecular flexibility index (Phi) is 4.73. The third-order valence-corrected chi connectivity index (χ3v) is 4.07. The number of ether oxygens (including phenoxy) is 1. The second kappa shape index (κ2) is 6.84. The maximum absolute atomic E-state index is 14.0. The number of fused-ring (bicyclic) bond motifs is 1. The van der Waals surface area contributed by atoms with E-state index < -0.39 is 33.9 Å². The van der Waals surface area contributed by atoms with E-state index in [0.29, 0.717) is 6.07 Å². The molecule has 0 aliphatic carbocycles. The second-order valence-corrected chi connectivity index (χ2v) is 5.70. The van der Waals surface area contributed by atoms with Gasteiger partial charge in [0.15, 0.2) is 11.6 Å². The molecule has 0 bridgehead atoms. The van der Waals surface area contributed by atoms with Gasteiger partial charge >= 0.3 is 5.97 Å². The first-order chi connectivity index (χ1) is 12.3. The van der Waals surface area contributed by atoms with E-state index in [1.807, 2.05) is 0 Å². The molecule has 3 rings (SSSR count). The molecule has 134 valence electrons. The third-order valence-electron chi connectivity index (χ3n) is 3.72. The van der Waals surface area contributed by atoms with E-state index in [1.165, 1.54) is 16.7 Å². The molecule has 3 aromatic rings. The molecule has 0 unspecified atom stereocenters. The number of nitrogens with zero attached hydrogens (tertiary/aromatic N) is 1. The Morgan fingerprint density at radius 1 is 1.19 bits per heavy atom. The lowest BCUT2D eigenvalue weighted by atomic mass is 10.1. The van der Waals surface area contributed by atoms with Crippen LogP contribution in [0.25, 0.3) is 16.6 Å². The van der Waals surface area contributed by atoms with Crippen molar-refractivity contribution in [3.8, 4) is 5.69 Å². The number of pyridine rings is 1. The summed E-state index contributed by atoms with van der Waals surface area (Å²) < 4.78 is 47.0. The average molecular weight is 382 g/mol. The minimum absolute atomic E-state index is 0.0192. The molecule has 0 fully saturated rings. The van der Waals surface area contributed by atoms with Crippen molar-refractivity contribution < 1.29 is 22.7 Å². The van der Waals surface area contributed by atoms with Crippen molar-refractivity contribution in [3.05, 3.63) is 74.8 Å². The number of aromatic nitrogens is 1. The van der Waals surface area contributed by atoms with Crippen LogP contribution in [-0.2, 0) is 4.74 Å². The lowest BCUT2D eigenvalue weighted by Gasteiger charge is -2.15. The normalized spacial score (nSPS) is 11.0. The Hall–Kier alpha value is -2.80. The molecule has 0 aliphatic heterocycles. The van der Waals surface area contributed by atoms with Crippen LogP contribution in [0.3, 0.4) is 0 Å². The molecule has 1 aromatic heterocycles. The zero-order valence-corrected chi connectivity index (χ0v) is 14.1. The van der Waals surface area contributed by atoms with E-state index in [2.05, 4.69) is 0 Å². The monoisotopic (exact) mass is 381 g/mol. The maximum Gasteiger partial charge on any atom is 0.343 e. The van der Waals surface area contributed by atoms with Crippen molar-refractivity contribution >= 4 is 28.5 Å². The highest BCUT2D eigenvalue weighted by atomic mass is 35.5. The minimum Gasteiger partial charge on any atom is -0.462 e. The molecule has 0 N–H and O–H groups in total. The molecule has 4 nitrogen and oxygen atoms in total. The molecule has 0 saturated heterocycles. The fourth-order valence-electron chi connectivity index (χ4n) is 2.55. The zero-order valence-electron chi connectivity index (χ0n) is 13.4. The highest BCUT2D eigenvalue weighted by Crippen LogP contribution is 2.29. The Bertz CT molecular complexity index is 1080. The Morgan fingerprint density at radius 2 is 1.85 bits per heavy atom. The fraction of sp³-hybridized carbons (Fsp3) is 0.111. The fourth-order valence-corrected chi connectivity index (χ4v) is 2.83. The van der Waals surface area contributed by atoms with Crippen LogP contribution in [0.4, 0.5) is 13.2 Å². The van der Waals surface area contributed by atoms with E-state index >= 15 is 0 Å². The molecule has 0 aliphatic rings. The molecule has 1 heterocycles. The maximum atomic E-state index is 14.0. The van der Waals surface area contributed by atoms with Crippen LogP contribution in [0.5, 0.6) is 0 Å². The van der Waals surface area contributed by atoms with Gasteiger partial charge in [-0.2, -0.15) is 0 Å². The van der Waals surface area contributed by atoms with Gasteiger partial charge in [-0.1, -0.05) is 11.6 Å². The van der Waals surface area contributed by atoms with Gasteiger partial charge in [-0.3, -0.25) is 4.79 Å². The molecule has 0 amide bonds. The summed E-state index contributed by atoms with van der Waals surface area (Å²) in [5.74, 6) is -4.10. The van der Waals surface area contributed by atoms with Gasteiger partial charge in [0.05, 0.1) is 17.5 Å². The minimum atomic E-state index is -1.33.